The first-order chi connectivity index (χ1) is 7.66. The molecule has 0 aliphatic carbocycles. The zero-order valence-corrected chi connectivity index (χ0v) is 9.38. The molecule has 0 atom stereocenters. The van der Waals surface area contributed by atoms with Crippen LogP contribution in [-0.4, -0.2) is 9.78 Å². The number of rotatable bonds is 3. The van der Waals surface area contributed by atoms with Crippen LogP contribution >= 0.6 is 0 Å². The molecule has 2 aromatic heterocycles. The maximum atomic E-state index is 11.5. The van der Waals surface area contributed by atoms with Crippen molar-refractivity contribution < 1.29 is 4.42 Å². The summed E-state index contributed by atoms with van der Waals surface area (Å²) in [4.78, 5) is 11.5. The maximum Gasteiger partial charge on any atom is 0.266 e. The van der Waals surface area contributed by atoms with Crippen LogP contribution in [0.15, 0.2) is 39.7 Å². The molecule has 0 saturated heterocycles. The van der Waals surface area contributed by atoms with E-state index in [-0.39, 0.29) is 5.56 Å². The van der Waals surface area contributed by atoms with Gasteiger partial charge in [0.1, 0.15) is 5.69 Å². The van der Waals surface area contributed by atoms with E-state index in [1.807, 2.05) is 19.9 Å². The van der Waals surface area contributed by atoms with E-state index >= 15 is 0 Å². The smallest absolute Gasteiger partial charge is 0.266 e. The van der Waals surface area contributed by atoms with E-state index in [2.05, 4.69) is 5.10 Å². The monoisotopic (exact) mass is 218 g/mol. The van der Waals surface area contributed by atoms with Crippen molar-refractivity contribution in [3.05, 3.63) is 40.9 Å². The third-order valence-corrected chi connectivity index (χ3v) is 2.18. The van der Waals surface area contributed by atoms with Crippen molar-refractivity contribution in [2.75, 3.05) is 0 Å². The molecule has 0 aromatic carbocycles. The SMILES string of the molecule is CC(C)Cn1nc(-c2ccco2)ccc1=O. The van der Waals surface area contributed by atoms with E-state index in [1.165, 1.54) is 10.7 Å². The lowest BCUT2D eigenvalue weighted by atomic mass is 10.2. The molecule has 0 bridgehead atoms. The van der Waals surface area contributed by atoms with Crippen LogP contribution in [-0.2, 0) is 6.54 Å². The van der Waals surface area contributed by atoms with E-state index in [0.717, 1.165) is 0 Å². The Kier molecular flexibility index (Phi) is 2.90. The van der Waals surface area contributed by atoms with E-state index in [4.69, 9.17) is 4.42 Å². The van der Waals surface area contributed by atoms with Crippen LogP contribution in [0.2, 0.25) is 0 Å². The summed E-state index contributed by atoms with van der Waals surface area (Å²) in [6.07, 6.45) is 1.59. The summed E-state index contributed by atoms with van der Waals surface area (Å²) in [6, 6.07) is 6.83. The minimum Gasteiger partial charge on any atom is -0.463 e. The lowest BCUT2D eigenvalue weighted by Crippen LogP contribution is -2.24. The number of hydrogen-bond acceptors (Lipinski definition) is 3. The highest BCUT2D eigenvalue weighted by atomic mass is 16.3. The Morgan fingerprint density at radius 3 is 2.81 bits per heavy atom. The van der Waals surface area contributed by atoms with Gasteiger partial charge in [-0.1, -0.05) is 13.8 Å². The minimum absolute atomic E-state index is 0.0796. The second kappa shape index (κ2) is 4.35. The Hall–Kier alpha value is -1.84. The fraction of sp³-hybridized carbons (Fsp3) is 0.333. The predicted octanol–water partition coefficient (Wildman–Crippen LogP) is 2.16. The van der Waals surface area contributed by atoms with Crippen LogP contribution in [0.25, 0.3) is 11.5 Å². The fourth-order valence-electron chi connectivity index (χ4n) is 1.48. The van der Waals surface area contributed by atoms with E-state index in [0.29, 0.717) is 23.9 Å². The van der Waals surface area contributed by atoms with Gasteiger partial charge in [-0.05, 0) is 24.1 Å². The van der Waals surface area contributed by atoms with Gasteiger partial charge >= 0.3 is 0 Å². The zero-order chi connectivity index (χ0) is 11.5. The minimum atomic E-state index is -0.0796. The second-order valence-electron chi connectivity index (χ2n) is 4.11. The van der Waals surface area contributed by atoms with Gasteiger partial charge in [-0.2, -0.15) is 5.10 Å². The quantitative estimate of drug-likeness (QED) is 0.793. The lowest BCUT2D eigenvalue weighted by molar-refractivity contribution is 0.462. The Morgan fingerprint density at radius 2 is 2.19 bits per heavy atom. The van der Waals surface area contributed by atoms with Crippen molar-refractivity contribution in [3.8, 4) is 11.5 Å². The zero-order valence-electron chi connectivity index (χ0n) is 9.38. The second-order valence-corrected chi connectivity index (χ2v) is 4.11. The Bertz CT molecular complexity index is 512. The van der Waals surface area contributed by atoms with Gasteiger partial charge in [0.25, 0.3) is 5.56 Å². The molecule has 2 heterocycles. The van der Waals surface area contributed by atoms with Crippen molar-refractivity contribution in [1.29, 1.82) is 0 Å². The molecule has 0 aliphatic heterocycles. The van der Waals surface area contributed by atoms with Crippen molar-refractivity contribution >= 4 is 0 Å². The highest BCUT2D eigenvalue weighted by Gasteiger charge is 2.06. The Balaban J connectivity index is 2.40. The third-order valence-electron chi connectivity index (χ3n) is 2.18. The molecule has 2 rings (SSSR count). The lowest BCUT2D eigenvalue weighted by Gasteiger charge is -2.07. The summed E-state index contributed by atoms with van der Waals surface area (Å²) in [7, 11) is 0. The molecular weight excluding hydrogens is 204 g/mol. The van der Waals surface area contributed by atoms with Crippen molar-refractivity contribution in [2.45, 2.75) is 20.4 Å². The van der Waals surface area contributed by atoms with Gasteiger partial charge < -0.3 is 4.42 Å². The Labute approximate surface area is 93.5 Å². The molecule has 2 aromatic rings. The molecule has 0 unspecified atom stereocenters. The molecule has 0 spiro atoms. The first kappa shape index (κ1) is 10.7. The average Bonchev–Trinajstić information content (AvgIpc) is 2.73. The summed E-state index contributed by atoms with van der Waals surface area (Å²) in [5.74, 6) is 1.06. The van der Waals surface area contributed by atoms with Crippen LogP contribution in [0.1, 0.15) is 13.8 Å². The molecule has 4 heteroatoms. The summed E-state index contributed by atoms with van der Waals surface area (Å²) >= 11 is 0. The highest BCUT2D eigenvalue weighted by Crippen LogP contribution is 2.15. The van der Waals surface area contributed by atoms with Crippen molar-refractivity contribution in [3.63, 3.8) is 0 Å². The van der Waals surface area contributed by atoms with Gasteiger partial charge in [0.05, 0.1) is 6.26 Å². The molecular formula is C12H14N2O2. The van der Waals surface area contributed by atoms with Gasteiger partial charge in [0.15, 0.2) is 5.76 Å². The van der Waals surface area contributed by atoms with Crippen molar-refractivity contribution in [2.24, 2.45) is 5.92 Å². The van der Waals surface area contributed by atoms with Gasteiger partial charge in [-0.15, -0.1) is 0 Å². The first-order valence-corrected chi connectivity index (χ1v) is 5.29. The molecule has 4 nitrogen and oxygen atoms in total. The maximum absolute atomic E-state index is 11.5. The van der Waals surface area contributed by atoms with E-state index in [1.54, 1.807) is 18.4 Å². The topological polar surface area (TPSA) is 48.0 Å². The summed E-state index contributed by atoms with van der Waals surface area (Å²) in [6.45, 7) is 4.72. The van der Waals surface area contributed by atoms with Gasteiger partial charge in [-0.25, -0.2) is 4.68 Å². The predicted molar refractivity (Wildman–Crippen MR) is 61.0 cm³/mol. The molecule has 0 amide bonds. The van der Waals surface area contributed by atoms with Crippen LogP contribution in [0.4, 0.5) is 0 Å². The van der Waals surface area contributed by atoms with Crippen LogP contribution in [0, 0.1) is 5.92 Å². The number of nitrogens with zero attached hydrogens (tertiary/aromatic N) is 2. The number of hydrogen-bond donors (Lipinski definition) is 0. The highest BCUT2D eigenvalue weighted by molar-refractivity contribution is 5.50. The normalized spacial score (nSPS) is 10.9. The van der Waals surface area contributed by atoms with Crippen LogP contribution in [0.5, 0.6) is 0 Å². The number of furan rings is 1. The molecule has 16 heavy (non-hydrogen) atoms. The van der Waals surface area contributed by atoms with E-state index < -0.39 is 0 Å². The molecule has 0 aliphatic rings. The summed E-state index contributed by atoms with van der Waals surface area (Å²) < 4.78 is 6.72. The molecule has 84 valence electrons. The summed E-state index contributed by atoms with van der Waals surface area (Å²) in [5, 5.41) is 4.27. The van der Waals surface area contributed by atoms with Crippen molar-refractivity contribution in [1.82, 2.24) is 9.78 Å². The van der Waals surface area contributed by atoms with Gasteiger partial charge in [0, 0.05) is 12.6 Å². The van der Waals surface area contributed by atoms with E-state index in [9.17, 15) is 4.79 Å². The first-order valence-electron chi connectivity index (χ1n) is 5.29. The third kappa shape index (κ3) is 2.21. The molecule has 0 saturated carbocycles. The van der Waals surface area contributed by atoms with Crippen LogP contribution in [0.3, 0.4) is 0 Å². The standard InChI is InChI=1S/C12H14N2O2/c1-9(2)8-14-12(15)6-5-10(13-14)11-4-3-7-16-11/h3-7,9H,8H2,1-2H3. The summed E-state index contributed by atoms with van der Waals surface area (Å²) in [5.41, 5.74) is 0.606. The fourth-order valence-corrected chi connectivity index (χ4v) is 1.48. The Morgan fingerprint density at radius 1 is 1.38 bits per heavy atom. The van der Waals surface area contributed by atoms with Gasteiger partial charge in [0.2, 0.25) is 0 Å². The van der Waals surface area contributed by atoms with Gasteiger partial charge in [-0.3, -0.25) is 4.79 Å². The molecule has 0 N–H and O–H groups in total. The van der Waals surface area contributed by atoms with Crippen LogP contribution < -0.4 is 5.56 Å². The molecule has 0 radical (unpaired) electrons. The molecule has 0 fully saturated rings. The largest absolute Gasteiger partial charge is 0.463 e. The average molecular weight is 218 g/mol. The number of aromatic nitrogens is 2.